The van der Waals surface area contributed by atoms with E-state index < -0.39 is 0 Å². The van der Waals surface area contributed by atoms with Gasteiger partial charge in [-0.25, -0.2) is 0 Å². The second kappa shape index (κ2) is 3.95. The van der Waals surface area contributed by atoms with Crippen molar-refractivity contribution in [2.45, 2.75) is 12.5 Å². The summed E-state index contributed by atoms with van der Waals surface area (Å²) in [6.45, 7) is 0. The molecule has 1 aromatic carbocycles. The number of hydrogen-bond donors (Lipinski definition) is 1. The number of methoxy groups -OCH3 is 2. The molecular formula is C12H15NO2. The summed E-state index contributed by atoms with van der Waals surface area (Å²) in [7, 11) is 3.32. The Bertz CT molecular complexity index is 399. The highest BCUT2D eigenvalue weighted by molar-refractivity contribution is 5.66. The van der Waals surface area contributed by atoms with Crippen molar-refractivity contribution in [2.24, 2.45) is 5.73 Å². The monoisotopic (exact) mass is 205 g/mol. The van der Waals surface area contributed by atoms with Crippen LogP contribution in [0.4, 0.5) is 0 Å². The zero-order chi connectivity index (χ0) is 10.8. The van der Waals surface area contributed by atoms with Gasteiger partial charge in [-0.05, 0) is 18.1 Å². The van der Waals surface area contributed by atoms with Gasteiger partial charge in [-0.15, -0.1) is 0 Å². The summed E-state index contributed by atoms with van der Waals surface area (Å²) in [6.07, 6.45) is 4.85. The number of fused-ring (bicyclic) bond motifs is 1. The quantitative estimate of drug-likeness (QED) is 0.797. The molecule has 0 aliphatic heterocycles. The lowest BCUT2D eigenvalue weighted by molar-refractivity contribution is 0.392. The number of hydrogen-bond acceptors (Lipinski definition) is 3. The molecular weight excluding hydrogens is 190 g/mol. The molecule has 0 aromatic heterocycles. The van der Waals surface area contributed by atoms with Crippen LogP contribution in [0.1, 0.15) is 11.1 Å². The van der Waals surface area contributed by atoms with Crippen molar-refractivity contribution in [3.05, 3.63) is 29.3 Å². The van der Waals surface area contributed by atoms with Gasteiger partial charge in [0, 0.05) is 17.7 Å². The first-order valence-corrected chi connectivity index (χ1v) is 4.93. The van der Waals surface area contributed by atoms with Crippen molar-refractivity contribution < 1.29 is 9.47 Å². The average molecular weight is 205 g/mol. The third kappa shape index (κ3) is 1.83. The van der Waals surface area contributed by atoms with E-state index in [0.29, 0.717) is 0 Å². The number of ether oxygens (including phenoxy) is 2. The van der Waals surface area contributed by atoms with E-state index in [-0.39, 0.29) is 6.04 Å². The summed E-state index contributed by atoms with van der Waals surface area (Å²) in [5, 5.41) is 0. The molecule has 80 valence electrons. The highest BCUT2D eigenvalue weighted by Gasteiger charge is 2.15. The van der Waals surface area contributed by atoms with E-state index in [0.717, 1.165) is 23.5 Å². The normalized spacial score (nSPS) is 18.5. The van der Waals surface area contributed by atoms with E-state index in [9.17, 15) is 0 Å². The Balaban J connectivity index is 2.52. The molecule has 0 spiro atoms. The van der Waals surface area contributed by atoms with Gasteiger partial charge in [0.2, 0.25) is 0 Å². The number of nitrogens with two attached hydrogens (primary N) is 1. The van der Waals surface area contributed by atoms with Crippen molar-refractivity contribution in [2.75, 3.05) is 14.2 Å². The molecule has 3 nitrogen and oxygen atoms in total. The van der Waals surface area contributed by atoms with Gasteiger partial charge in [-0.1, -0.05) is 12.2 Å². The van der Waals surface area contributed by atoms with Crippen LogP contribution in [0.5, 0.6) is 11.5 Å². The molecule has 1 aromatic rings. The summed E-state index contributed by atoms with van der Waals surface area (Å²) in [5.41, 5.74) is 8.16. The summed E-state index contributed by atoms with van der Waals surface area (Å²) in [5.74, 6) is 1.65. The van der Waals surface area contributed by atoms with Crippen LogP contribution >= 0.6 is 0 Å². The predicted octanol–water partition coefficient (Wildman–Crippen LogP) is 1.60. The van der Waals surface area contributed by atoms with Gasteiger partial charge in [0.15, 0.2) is 0 Å². The first-order valence-electron chi connectivity index (χ1n) is 4.93. The van der Waals surface area contributed by atoms with Crippen molar-refractivity contribution in [3.63, 3.8) is 0 Å². The second-order valence-corrected chi connectivity index (χ2v) is 3.63. The van der Waals surface area contributed by atoms with Crippen molar-refractivity contribution >= 4 is 6.08 Å². The molecule has 0 radical (unpaired) electrons. The molecule has 1 aliphatic carbocycles. The Morgan fingerprint density at radius 1 is 1.27 bits per heavy atom. The fraction of sp³-hybridized carbons (Fsp3) is 0.333. The summed E-state index contributed by atoms with van der Waals surface area (Å²) in [6, 6.07) is 4.00. The first kappa shape index (κ1) is 10.1. The third-order valence-electron chi connectivity index (χ3n) is 2.62. The molecule has 1 aliphatic rings. The molecule has 0 saturated heterocycles. The van der Waals surface area contributed by atoms with Gasteiger partial charge < -0.3 is 15.2 Å². The van der Waals surface area contributed by atoms with Crippen LogP contribution in [0, 0.1) is 0 Å². The minimum Gasteiger partial charge on any atom is -0.497 e. The molecule has 0 amide bonds. The average Bonchev–Trinajstić information content (AvgIpc) is 2.26. The molecule has 2 N–H and O–H groups in total. The Hall–Kier alpha value is -1.48. The fourth-order valence-corrected chi connectivity index (χ4v) is 1.84. The van der Waals surface area contributed by atoms with E-state index >= 15 is 0 Å². The maximum absolute atomic E-state index is 5.86. The van der Waals surface area contributed by atoms with E-state index in [1.165, 1.54) is 5.56 Å². The number of benzene rings is 1. The van der Waals surface area contributed by atoms with Gasteiger partial charge in [0.25, 0.3) is 0 Å². The summed E-state index contributed by atoms with van der Waals surface area (Å²) >= 11 is 0. The van der Waals surface area contributed by atoms with E-state index in [1.807, 2.05) is 24.3 Å². The SMILES string of the molecule is COc1cc2c(c(OC)c1)C=CC(N)C2. The van der Waals surface area contributed by atoms with Crippen LogP contribution in [0.2, 0.25) is 0 Å². The second-order valence-electron chi connectivity index (χ2n) is 3.63. The van der Waals surface area contributed by atoms with E-state index in [2.05, 4.69) is 0 Å². The Morgan fingerprint density at radius 2 is 2.07 bits per heavy atom. The van der Waals surface area contributed by atoms with E-state index in [4.69, 9.17) is 15.2 Å². The van der Waals surface area contributed by atoms with E-state index in [1.54, 1.807) is 14.2 Å². The molecule has 2 rings (SSSR count). The Labute approximate surface area is 89.5 Å². The minimum atomic E-state index is 0.0920. The first-order chi connectivity index (χ1) is 7.24. The van der Waals surface area contributed by atoms with Crippen LogP contribution in [0.25, 0.3) is 6.08 Å². The zero-order valence-corrected chi connectivity index (χ0v) is 8.99. The zero-order valence-electron chi connectivity index (χ0n) is 8.99. The van der Waals surface area contributed by atoms with Crippen molar-refractivity contribution in [1.29, 1.82) is 0 Å². The highest BCUT2D eigenvalue weighted by atomic mass is 16.5. The maximum atomic E-state index is 5.86. The van der Waals surface area contributed by atoms with Crippen LogP contribution in [0.15, 0.2) is 18.2 Å². The van der Waals surface area contributed by atoms with Gasteiger partial charge in [-0.2, -0.15) is 0 Å². The molecule has 0 heterocycles. The maximum Gasteiger partial charge on any atom is 0.130 e. The molecule has 1 unspecified atom stereocenters. The Kier molecular flexibility index (Phi) is 2.64. The van der Waals surface area contributed by atoms with Crippen LogP contribution in [-0.4, -0.2) is 20.3 Å². The van der Waals surface area contributed by atoms with Crippen LogP contribution < -0.4 is 15.2 Å². The molecule has 1 atom stereocenters. The lowest BCUT2D eigenvalue weighted by Crippen LogP contribution is -2.22. The standard InChI is InChI=1S/C12H15NO2/c1-14-10-6-8-5-9(13)3-4-11(8)12(7-10)15-2/h3-4,6-7,9H,5,13H2,1-2H3. The van der Waals surface area contributed by atoms with Gasteiger partial charge in [-0.3, -0.25) is 0 Å². The van der Waals surface area contributed by atoms with Gasteiger partial charge >= 0.3 is 0 Å². The lowest BCUT2D eigenvalue weighted by atomic mass is 9.93. The summed E-state index contributed by atoms with van der Waals surface area (Å²) in [4.78, 5) is 0. The Morgan fingerprint density at radius 3 is 2.73 bits per heavy atom. The van der Waals surface area contributed by atoms with Crippen molar-refractivity contribution in [3.8, 4) is 11.5 Å². The van der Waals surface area contributed by atoms with Crippen LogP contribution in [-0.2, 0) is 6.42 Å². The fourth-order valence-electron chi connectivity index (χ4n) is 1.84. The molecule has 0 saturated carbocycles. The minimum absolute atomic E-state index is 0.0920. The van der Waals surface area contributed by atoms with Crippen LogP contribution in [0.3, 0.4) is 0 Å². The molecule has 0 fully saturated rings. The number of rotatable bonds is 2. The molecule has 0 bridgehead atoms. The third-order valence-corrected chi connectivity index (χ3v) is 2.62. The topological polar surface area (TPSA) is 44.5 Å². The van der Waals surface area contributed by atoms with Gasteiger partial charge in [0.1, 0.15) is 11.5 Å². The molecule has 3 heteroatoms. The predicted molar refractivity (Wildman–Crippen MR) is 60.3 cm³/mol. The summed E-state index contributed by atoms with van der Waals surface area (Å²) < 4.78 is 10.5. The largest absolute Gasteiger partial charge is 0.497 e. The molecule has 15 heavy (non-hydrogen) atoms. The van der Waals surface area contributed by atoms with Crippen molar-refractivity contribution in [1.82, 2.24) is 0 Å². The highest BCUT2D eigenvalue weighted by Crippen LogP contribution is 2.32. The smallest absolute Gasteiger partial charge is 0.130 e. The lowest BCUT2D eigenvalue weighted by Gasteiger charge is -2.19. The van der Waals surface area contributed by atoms with Gasteiger partial charge in [0.05, 0.1) is 14.2 Å².